The smallest absolute Gasteiger partial charge is 0.240 e. The van der Waals surface area contributed by atoms with E-state index >= 15 is 0 Å². The Morgan fingerprint density at radius 2 is 0.875 bits per heavy atom. The topological polar surface area (TPSA) is 26.3 Å². The summed E-state index contributed by atoms with van der Waals surface area (Å²) in [6, 6.07) is 32.5. The molecule has 4 aromatic rings. The predicted octanol–water partition coefficient (Wildman–Crippen LogP) is 7.30. The molecule has 0 aliphatic rings. The standard InChI is InChI=1S/C15H16.C14H14O2S/c1-12-3-7-14(8-4-12)11-15-9-5-13(2)6-10-15;1-11-3-7-13(8-4-11)16-17(15)14-9-5-12(2)6-10-14/h3-10H,11H2,1-2H3;3-10H,1-2H3. The van der Waals surface area contributed by atoms with Crippen LogP contribution in [-0.4, -0.2) is 4.21 Å². The third-order valence-electron chi connectivity index (χ3n) is 5.06. The molecule has 4 aromatic carbocycles. The van der Waals surface area contributed by atoms with Crippen molar-refractivity contribution in [1.29, 1.82) is 0 Å². The van der Waals surface area contributed by atoms with Gasteiger partial charge in [-0.2, -0.15) is 0 Å². The molecule has 0 radical (unpaired) electrons. The highest BCUT2D eigenvalue weighted by Crippen LogP contribution is 2.17. The van der Waals surface area contributed by atoms with Gasteiger partial charge in [0.2, 0.25) is 11.1 Å². The third-order valence-corrected chi connectivity index (χ3v) is 6.06. The SMILES string of the molecule is Cc1ccc(Cc2ccc(C)cc2)cc1.Cc1ccc(OS(=O)c2ccc(C)cc2)cc1. The van der Waals surface area contributed by atoms with Crippen LogP contribution in [-0.2, 0) is 17.5 Å². The highest BCUT2D eigenvalue weighted by Gasteiger charge is 2.05. The summed E-state index contributed by atoms with van der Waals surface area (Å²) in [7, 11) is 0. The maximum absolute atomic E-state index is 11.9. The first-order valence-electron chi connectivity index (χ1n) is 10.7. The van der Waals surface area contributed by atoms with E-state index in [0.717, 1.165) is 17.5 Å². The highest BCUT2D eigenvalue weighted by atomic mass is 32.2. The quantitative estimate of drug-likeness (QED) is 0.324. The lowest BCUT2D eigenvalue weighted by molar-refractivity contribution is 0.562. The Bertz CT molecular complexity index is 1080. The lowest BCUT2D eigenvalue weighted by atomic mass is 10.0. The summed E-state index contributed by atoms with van der Waals surface area (Å²) in [6.07, 6.45) is 1.03. The molecule has 164 valence electrons. The minimum Gasteiger partial charge on any atom is -0.397 e. The summed E-state index contributed by atoms with van der Waals surface area (Å²) in [4.78, 5) is 0.677. The highest BCUT2D eigenvalue weighted by molar-refractivity contribution is 7.80. The predicted molar refractivity (Wildman–Crippen MR) is 135 cm³/mol. The van der Waals surface area contributed by atoms with Gasteiger partial charge in [0.1, 0.15) is 5.75 Å². The Kier molecular flexibility index (Phi) is 8.41. The maximum Gasteiger partial charge on any atom is 0.240 e. The van der Waals surface area contributed by atoms with Crippen molar-refractivity contribution >= 4 is 11.1 Å². The van der Waals surface area contributed by atoms with Crippen molar-refractivity contribution in [2.45, 2.75) is 39.0 Å². The molecular weight excluding hydrogens is 412 g/mol. The number of hydrogen-bond donors (Lipinski definition) is 0. The van der Waals surface area contributed by atoms with Gasteiger partial charge in [-0.15, -0.1) is 0 Å². The van der Waals surface area contributed by atoms with E-state index in [4.69, 9.17) is 4.18 Å². The van der Waals surface area contributed by atoms with Crippen LogP contribution in [0.4, 0.5) is 0 Å². The second-order valence-corrected chi connectivity index (χ2v) is 9.20. The van der Waals surface area contributed by atoms with Crippen molar-refractivity contribution in [2.75, 3.05) is 0 Å². The van der Waals surface area contributed by atoms with Crippen molar-refractivity contribution in [1.82, 2.24) is 0 Å². The van der Waals surface area contributed by atoms with Crippen molar-refractivity contribution < 1.29 is 8.39 Å². The van der Waals surface area contributed by atoms with Crippen LogP contribution in [0.15, 0.2) is 102 Å². The monoisotopic (exact) mass is 442 g/mol. The van der Waals surface area contributed by atoms with Crippen molar-refractivity contribution in [2.24, 2.45) is 0 Å². The number of hydrogen-bond acceptors (Lipinski definition) is 2. The van der Waals surface area contributed by atoms with Crippen LogP contribution in [0.1, 0.15) is 33.4 Å². The van der Waals surface area contributed by atoms with Gasteiger partial charge in [0, 0.05) is 0 Å². The van der Waals surface area contributed by atoms with Gasteiger partial charge in [-0.05, 0) is 69.5 Å². The molecule has 0 heterocycles. The molecule has 0 spiro atoms. The average molecular weight is 443 g/mol. The van der Waals surface area contributed by atoms with Crippen molar-refractivity contribution in [3.63, 3.8) is 0 Å². The summed E-state index contributed by atoms with van der Waals surface area (Å²) < 4.78 is 17.3. The minimum absolute atomic E-state index is 0.620. The van der Waals surface area contributed by atoms with Crippen LogP contribution in [0.25, 0.3) is 0 Å². The summed E-state index contributed by atoms with van der Waals surface area (Å²) in [5.74, 6) is 0.620. The van der Waals surface area contributed by atoms with Gasteiger partial charge in [0.05, 0.1) is 4.90 Å². The second-order valence-electron chi connectivity index (χ2n) is 8.09. The molecular formula is C29H30O2S. The maximum atomic E-state index is 11.9. The Balaban J connectivity index is 0.000000182. The Hall–Kier alpha value is -3.17. The minimum atomic E-state index is -1.45. The van der Waals surface area contributed by atoms with E-state index in [9.17, 15) is 4.21 Å². The fourth-order valence-corrected chi connectivity index (χ4v) is 3.77. The lowest BCUT2D eigenvalue weighted by Gasteiger charge is -2.05. The first-order chi connectivity index (χ1) is 15.4. The molecule has 0 aromatic heterocycles. The average Bonchev–Trinajstić information content (AvgIpc) is 2.79. The lowest BCUT2D eigenvalue weighted by Crippen LogP contribution is -2.00. The Morgan fingerprint density at radius 3 is 1.28 bits per heavy atom. The number of rotatable bonds is 5. The van der Waals surface area contributed by atoms with Gasteiger partial charge in [-0.3, -0.25) is 0 Å². The summed E-state index contributed by atoms with van der Waals surface area (Å²) in [5.41, 5.74) is 7.69. The van der Waals surface area contributed by atoms with Crippen LogP contribution < -0.4 is 4.18 Å². The van der Waals surface area contributed by atoms with Crippen LogP contribution in [0.5, 0.6) is 5.75 Å². The molecule has 1 atom stereocenters. The molecule has 2 nitrogen and oxygen atoms in total. The van der Waals surface area contributed by atoms with E-state index in [1.807, 2.05) is 62.4 Å². The van der Waals surface area contributed by atoms with Crippen LogP contribution >= 0.6 is 0 Å². The summed E-state index contributed by atoms with van der Waals surface area (Å²) in [5, 5.41) is 0. The van der Waals surface area contributed by atoms with Crippen molar-refractivity contribution in [3.8, 4) is 5.75 Å². The van der Waals surface area contributed by atoms with E-state index < -0.39 is 11.1 Å². The van der Waals surface area contributed by atoms with E-state index in [1.165, 1.54) is 22.3 Å². The van der Waals surface area contributed by atoms with Gasteiger partial charge in [0.25, 0.3) is 0 Å². The normalized spacial score (nSPS) is 11.2. The molecule has 32 heavy (non-hydrogen) atoms. The first-order valence-corrected chi connectivity index (χ1v) is 11.8. The molecule has 0 N–H and O–H groups in total. The zero-order chi connectivity index (χ0) is 22.9. The molecule has 4 rings (SSSR count). The summed E-state index contributed by atoms with van der Waals surface area (Å²) >= 11 is -1.45. The summed E-state index contributed by atoms with van der Waals surface area (Å²) in [6.45, 7) is 8.24. The zero-order valence-electron chi connectivity index (χ0n) is 19.2. The van der Waals surface area contributed by atoms with E-state index in [1.54, 1.807) is 0 Å². The van der Waals surface area contributed by atoms with Crippen molar-refractivity contribution in [3.05, 3.63) is 130 Å². The fourth-order valence-electron chi connectivity index (χ4n) is 3.03. The van der Waals surface area contributed by atoms with Crippen LogP contribution in [0.3, 0.4) is 0 Å². The second kappa shape index (κ2) is 11.4. The molecule has 3 heteroatoms. The van der Waals surface area contributed by atoms with Gasteiger partial charge < -0.3 is 4.18 Å². The molecule has 0 aliphatic heterocycles. The fraction of sp³-hybridized carbons (Fsp3) is 0.172. The number of benzene rings is 4. The van der Waals surface area contributed by atoms with Gasteiger partial charge in [-0.1, -0.05) is 95.1 Å². The van der Waals surface area contributed by atoms with Crippen LogP contribution in [0.2, 0.25) is 0 Å². The van der Waals surface area contributed by atoms with E-state index in [2.05, 4.69) is 62.4 Å². The third kappa shape index (κ3) is 7.51. The molecule has 0 bridgehead atoms. The molecule has 0 amide bonds. The molecule has 0 fully saturated rings. The van der Waals surface area contributed by atoms with Gasteiger partial charge in [-0.25, -0.2) is 4.21 Å². The van der Waals surface area contributed by atoms with Crippen LogP contribution in [0, 0.1) is 27.7 Å². The number of aryl methyl sites for hydroxylation is 4. The zero-order valence-corrected chi connectivity index (χ0v) is 20.0. The molecule has 0 saturated heterocycles. The van der Waals surface area contributed by atoms with E-state index in [0.29, 0.717) is 10.6 Å². The molecule has 0 aliphatic carbocycles. The van der Waals surface area contributed by atoms with Gasteiger partial charge >= 0.3 is 0 Å². The first kappa shape index (κ1) is 23.5. The molecule has 1 unspecified atom stereocenters. The Labute approximate surface area is 194 Å². The molecule has 0 saturated carbocycles. The Morgan fingerprint density at radius 1 is 0.531 bits per heavy atom. The van der Waals surface area contributed by atoms with Gasteiger partial charge in [0.15, 0.2) is 0 Å². The van der Waals surface area contributed by atoms with E-state index in [-0.39, 0.29) is 0 Å². The largest absolute Gasteiger partial charge is 0.397 e.